The van der Waals surface area contributed by atoms with Crippen molar-refractivity contribution in [1.82, 2.24) is 5.32 Å². The minimum Gasteiger partial charge on any atom is -0.358 e. The van der Waals surface area contributed by atoms with E-state index in [9.17, 15) is 4.79 Å². The number of unbranched alkanes of at least 4 members (excludes halogenated alkanes) is 1. The van der Waals surface area contributed by atoms with Crippen LogP contribution in [0.4, 0.5) is 0 Å². The van der Waals surface area contributed by atoms with Crippen LogP contribution >= 0.6 is 0 Å². The summed E-state index contributed by atoms with van der Waals surface area (Å²) >= 11 is 0. The summed E-state index contributed by atoms with van der Waals surface area (Å²) in [6.45, 7) is 0.667. The van der Waals surface area contributed by atoms with Gasteiger partial charge in [0.1, 0.15) is 0 Å². The zero-order valence-electron chi connectivity index (χ0n) is 6.97. The zero-order valence-corrected chi connectivity index (χ0v) is 6.97. The van der Waals surface area contributed by atoms with Crippen LogP contribution in [0.25, 0.3) is 0 Å². The van der Waals surface area contributed by atoms with Gasteiger partial charge in [-0.15, -0.1) is 0 Å². The smallest absolute Gasteiger partial charge is 0.236 e. The fourth-order valence-corrected chi connectivity index (χ4v) is 0.825. The highest BCUT2D eigenvalue weighted by Gasteiger charge is 2.09. The molecule has 0 bridgehead atoms. The van der Waals surface area contributed by atoms with E-state index in [1.54, 1.807) is 7.05 Å². The first-order chi connectivity index (χ1) is 5.22. The largest absolute Gasteiger partial charge is 0.358 e. The normalized spacial score (nSPS) is 12.6. The summed E-state index contributed by atoms with van der Waals surface area (Å²) in [6, 6.07) is -0.369. The molecule has 0 saturated carbocycles. The standard InChI is InChI=1S/C7H17N3O/c1-10-7(11)6(9)4-2-3-5-8/h6H,2-5,8-9H2,1H3,(H,10,11)/t6-/m0/s1. The summed E-state index contributed by atoms with van der Waals surface area (Å²) in [7, 11) is 1.59. The molecule has 0 aliphatic carbocycles. The Hall–Kier alpha value is -0.610. The Bertz CT molecular complexity index is 116. The van der Waals surface area contributed by atoms with Gasteiger partial charge in [-0.2, -0.15) is 0 Å². The van der Waals surface area contributed by atoms with Crippen molar-refractivity contribution in [2.24, 2.45) is 11.5 Å². The second kappa shape index (κ2) is 6.12. The Kier molecular flexibility index (Phi) is 5.78. The predicted octanol–water partition coefficient (Wildman–Crippen LogP) is -0.811. The lowest BCUT2D eigenvalue weighted by Crippen LogP contribution is -2.38. The molecule has 0 fully saturated rings. The van der Waals surface area contributed by atoms with Crippen LogP contribution in [0.3, 0.4) is 0 Å². The highest BCUT2D eigenvalue weighted by molar-refractivity contribution is 5.81. The Morgan fingerprint density at radius 2 is 2.18 bits per heavy atom. The molecule has 0 aliphatic rings. The van der Waals surface area contributed by atoms with Gasteiger partial charge in [0.25, 0.3) is 0 Å². The van der Waals surface area contributed by atoms with Crippen molar-refractivity contribution in [3.8, 4) is 0 Å². The Morgan fingerprint density at radius 3 is 2.64 bits per heavy atom. The molecule has 5 N–H and O–H groups in total. The van der Waals surface area contributed by atoms with Crippen LogP contribution in [0.15, 0.2) is 0 Å². The fourth-order valence-electron chi connectivity index (χ4n) is 0.825. The van der Waals surface area contributed by atoms with E-state index in [-0.39, 0.29) is 11.9 Å². The quantitative estimate of drug-likeness (QED) is 0.459. The van der Waals surface area contributed by atoms with Gasteiger partial charge in [-0.25, -0.2) is 0 Å². The molecule has 0 aromatic rings. The molecule has 0 rings (SSSR count). The number of hydrogen-bond donors (Lipinski definition) is 3. The van der Waals surface area contributed by atoms with Gasteiger partial charge in [0, 0.05) is 7.05 Å². The van der Waals surface area contributed by atoms with Gasteiger partial charge in [-0.1, -0.05) is 6.42 Å². The molecular formula is C7H17N3O. The maximum absolute atomic E-state index is 10.8. The molecule has 0 heterocycles. The number of nitrogens with one attached hydrogen (secondary N) is 1. The van der Waals surface area contributed by atoms with Crippen LogP contribution in [0, 0.1) is 0 Å². The molecule has 11 heavy (non-hydrogen) atoms. The van der Waals surface area contributed by atoms with Crippen molar-refractivity contribution in [2.75, 3.05) is 13.6 Å². The van der Waals surface area contributed by atoms with Gasteiger partial charge >= 0.3 is 0 Å². The monoisotopic (exact) mass is 159 g/mol. The van der Waals surface area contributed by atoms with Crippen LogP contribution in [-0.4, -0.2) is 25.5 Å². The van der Waals surface area contributed by atoms with Crippen molar-refractivity contribution >= 4 is 5.91 Å². The van der Waals surface area contributed by atoms with Crippen molar-refractivity contribution in [1.29, 1.82) is 0 Å². The van der Waals surface area contributed by atoms with Gasteiger partial charge in [0.2, 0.25) is 5.91 Å². The third-order valence-corrected chi connectivity index (χ3v) is 1.55. The lowest BCUT2D eigenvalue weighted by Gasteiger charge is -2.08. The molecule has 4 nitrogen and oxygen atoms in total. The molecule has 66 valence electrons. The van der Waals surface area contributed by atoms with Crippen LogP contribution in [0.1, 0.15) is 19.3 Å². The second-order valence-corrected chi connectivity index (χ2v) is 2.51. The van der Waals surface area contributed by atoms with Crippen LogP contribution in [0.2, 0.25) is 0 Å². The first kappa shape index (κ1) is 10.4. The lowest BCUT2D eigenvalue weighted by atomic mass is 10.1. The van der Waals surface area contributed by atoms with E-state index >= 15 is 0 Å². The summed E-state index contributed by atoms with van der Waals surface area (Å²) < 4.78 is 0. The Balaban J connectivity index is 3.36. The molecular weight excluding hydrogens is 142 g/mol. The number of carbonyl (C=O) groups excluding carboxylic acids is 1. The van der Waals surface area contributed by atoms with E-state index in [0.29, 0.717) is 6.54 Å². The minimum atomic E-state index is -0.369. The lowest BCUT2D eigenvalue weighted by molar-refractivity contribution is -0.122. The molecule has 1 atom stereocenters. The van der Waals surface area contributed by atoms with Crippen molar-refractivity contribution in [3.05, 3.63) is 0 Å². The van der Waals surface area contributed by atoms with E-state index in [2.05, 4.69) is 5.32 Å². The van der Waals surface area contributed by atoms with Crippen LogP contribution in [-0.2, 0) is 4.79 Å². The summed E-state index contributed by atoms with van der Waals surface area (Å²) in [5, 5.41) is 2.50. The number of likely N-dealkylation sites (N-methyl/N-ethyl adjacent to an activating group) is 1. The van der Waals surface area contributed by atoms with E-state index in [0.717, 1.165) is 19.3 Å². The molecule has 0 saturated heterocycles. The summed E-state index contributed by atoms with van der Waals surface area (Å²) in [5.74, 6) is -0.0954. The van der Waals surface area contributed by atoms with Gasteiger partial charge in [-0.05, 0) is 19.4 Å². The average molecular weight is 159 g/mol. The third-order valence-electron chi connectivity index (χ3n) is 1.55. The summed E-state index contributed by atoms with van der Waals surface area (Å²) in [4.78, 5) is 10.8. The molecule has 1 amide bonds. The molecule has 4 heteroatoms. The fraction of sp³-hybridized carbons (Fsp3) is 0.857. The van der Waals surface area contributed by atoms with E-state index in [1.165, 1.54) is 0 Å². The third kappa shape index (κ3) is 4.75. The predicted molar refractivity (Wildman–Crippen MR) is 44.9 cm³/mol. The minimum absolute atomic E-state index is 0.0954. The van der Waals surface area contributed by atoms with Gasteiger partial charge in [0.05, 0.1) is 6.04 Å². The van der Waals surface area contributed by atoms with Crippen LogP contribution < -0.4 is 16.8 Å². The maximum Gasteiger partial charge on any atom is 0.236 e. The topological polar surface area (TPSA) is 81.1 Å². The zero-order chi connectivity index (χ0) is 8.69. The highest BCUT2D eigenvalue weighted by atomic mass is 16.2. The van der Waals surface area contributed by atoms with Crippen molar-refractivity contribution in [2.45, 2.75) is 25.3 Å². The molecule has 0 spiro atoms. The number of amides is 1. The molecule has 0 aromatic heterocycles. The summed E-state index contributed by atoms with van der Waals surface area (Å²) in [6.07, 6.45) is 2.58. The van der Waals surface area contributed by atoms with Gasteiger partial charge in [-0.3, -0.25) is 4.79 Å². The molecule has 0 aromatic carbocycles. The first-order valence-corrected chi connectivity index (χ1v) is 3.89. The Morgan fingerprint density at radius 1 is 1.55 bits per heavy atom. The average Bonchev–Trinajstić information content (AvgIpc) is 2.03. The first-order valence-electron chi connectivity index (χ1n) is 3.89. The van der Waals surface area contributed by atoms with E-state index < -0.39 is 0 Å². The second-order valence-electron chi connectivity index (χ2n) is 2.51. The van der Waals surface area contributed by atoms with Crippen molar-refractivity contribution < 1.29 is 4.79 Å². The summed E-state index contributed by atoms with van der Waals surface area (Å²) in [5.41, 5.74) is 10.8. The molecule has 0 aliphatic heterocycles. The number of nitrogens with two attached hydrogens (primary N) is 2. The van der Waals surface area contributed by atoms with Gasteiger partial charge in [0.15, 0.2) is 0 Å². The molecule has 0 radical (unpaired) electrons. The molecule has 0 unspecified atom stereocenters. The van der Waals surface area contributed by atoms with Gasteiger partial charge < -0.3 is 16.8 Å². The van der Waals surface area contributed by atoms with E-state index in [1.807, 2.05) is 0 Å². The number of carbonyl (C=O) groups is 1. The maximum atomic E-state index is 10.8. The number of hydrogen-bond acceptors (Lipinski definition) is 3. The van der Waals surface area contributed by atoms with Crippen molar-refractivity contribution in [3.63, 3.8) is 0 Å². The van der Waals surface area contributed by atoms with E-state index in [4.69, 9.17) is 11.5 Å². The van der Waals surface area contributed by atoms with Crippen LogP contribution in [0.5, 0.6) is 0 Å². The SMILES string of the molecule is CNC(=O)[C@@H](N)CCCCN. The highest BCUT2D eigenvalue weighted by Crippen LogP contribution is 1.97. The Labute approximate surface area is 67.3 Å². The number of rotatable bonds is 5.